The number of aromatic nitrogens is 2. The molecule has 0 unspecified atom stereocenters. The molecule has 2 aromatic heterocycles. The van der Waals surface area contributed by atoms with Crippen LogP contribution in [-0.2, 0) is 0 Å². The van der Waals surface area contributed by atoms with E-state index in [1.807, 2.05) is 44.2 Å². The lowest BCUT2D eigenvalue weighted by Crippen LogP contribution is -2.14. The van der Waals surface area contributed by atoms with Crippen molar-refractivity contribution in [2.75, 3.05) is 5.32 Å². The molecule has 0 radical (unpaired) electrons. The highest BCUT2D eigenvalue weighted by Gasteiger charge is 2.14. The lowest BCUT2D eigenvalue weighted by Gasteiger charge is -2.04. The van der Waals surface area contributed by atoms with Crippen LogP contribution in [0.5, 0.6) is 0 Å². The van der Waals surface area contributed by atoms with E-state index in [9.17, 15) is 4.79 Å². The van der Waals surface area contributed by atoms with Gasteiger partial charge in [0.05, 0.1) is 0 Å². The van der Waals surface area contributed by atoms with Crippen molar-refractivity contribution in [3.05, 3.63) is 64.1 Å². The summed E-state index contributed by atoms with van der Waals surface area (Å²) < 4.78 is 6.61. The van der Waals surface area contributed by atoms with Gasteiger partial charge in [-0.15, -0.1) is 0 Å². The molecule has 3 aromatic rings. The maximum absolute atomic E-state index is 12.2. The molecule has 0 atom stereocenters. The monoisotopic (exact) mass is 371 g/mol. The van der Waals surface area contributed by atoms with Crippen LogP contribution >= 0.6 is 15.9 Å². The number of carbonyl (C=O) groups is 1. The van der Waals surface area contributed by atoms with Crippen molar-refractivity contribution in [1.29, 1.82) is 0 Å². The van der Waals surface area contributed by atoms with Gasteiger partial charge in [-0.25, -0.2) is 9.97 Å². The number of rotatable bonds is 3. The average molecular weight is 372 g/mol. The number of hydrogen-bond donors (Lipinski definition) is 1. The predicted octanol–water partition coefficient (Wildman–Crippen LogP) is 4.37. The minimum Gasteiger partial charge on any atom is -0.451 e. The molecule has 5 nitrogen and oxygen atoms in total. The Bertz CT molecular complexity index is 836. The van der Waals surface area contributed by atoms with Crippen LogP contribution in [0.25, 0.3) is 11.3 Å². The summed E-state index contributed by atoms with van der Waals surface area (Å²) in [4.78, 5) is 20.6. The molecular formula is C17H14BrN3O2. The Morgan fingerprint density at radius 1 is 1.04 bits per heavy atom. The SMILES string of the molecule is Cc1cc(C)nc(NC(=O)c2ccc(-c3ccc(Br)cc3)o2)n1. The van der Waals surface area contributed by atoms with Crippen LogP contribution in [0.15, 0.2) is 51.4 Å². The molecule has 3 rings (SSSR count). The van der Waals surface area contributed by atoms with Crippen LogP contribution in [0, 0.1) is 13.8 Å². The van der Waals surface area contributed by atoms with Crippen LogP contribution in [0.3, 0.4) is 0 Å². The van der Waals surface area contributed by atoms with E-state index < -0.39 is 0 Å². The van der Waals surface area contributed by atoms with Gasteiger partial charge < -0.3 is 4.42 Å². The number of aryl methyl sites for hydroxylation is 2. The van der Waals surface area contributed by atoms with Crippen molar-refractivity contribution < 1.29 is 9.21 Å². The van der Waals surface area contributed by atoms with Crippen molar-refractivity contribution in [1.82, 2.24) is 9.97 Å². The van der Waals surface area contributed by atoms with Gasteiger partial charge in [-0.3, -0.25) is 10.1 Å². The summed E-state index contributed by atoms with van der Waals surface area (Å²) in [6.07, 6.45) is 0. The van der Waals surface area contributed by atoms with Gasteiger partial charge in [0.2, 0.25) is 5.95 Å². The summed E-state index contributed by atoms with van der Waals surface area (Å²) in [6, 6.07) is 12.9. The molecule has 0 aliphatic carbocycles. The number of nitrogens with one attached hydrogen (secondary N) is 1. The first kappa shape index (κ1) is 15.4. The standard InChI is InChI=1S/C17H14BrN3O2/c1-10-9-11(2)20-17(19-10)21-16(22)15-8-7-14(23-15)12-3-5-13(18)6-4-12/h3-9H,1-2H3,(H,19,20,21,22). The van der Waals surface area contributed by atoms with Crippen molar-refractivity contribution >= 4 is 27.8 Å². The van der Waals surface area contributed by atoms with Gasteiger partial charge in [-0.05, 0) is 44.2 Å². The van der Waals surface area contributed by atoms with Gasteiger partial charge in [-0.2, -0.15) is 0 Å². The summed E-state index contributed by atoms with van der Waals surface area (Å²) in [5.41, 5.74) is 2.49. The molecule has 0 saturated heterocycles. The lowest BCUT2D eigenvalue weighted by molar-refractivity contribution is 0.0996. The molecule has 1 aromatic carbocycles. The van der Waals surface area contributed by atoms with Crippen LogP contribution < -0.4 is 5.32 Å². The van der Waals surface area contributed by atoms with Crippen LogP contribution in [-0.4, -0.2) is 15.9 Å². The molecule has 0 fully saturated rings. The fraction of sp³-hybridized carbons (Fsp3) is 0.118. The highest BCUT2D eigenvalue weighted by Crippen LogP contribution is 2.24. The first-order chi connectivity index (χ1) is 11.0. The van der Waals surface area contributed by atoms with Crippen molar-refractivity contribution in [2.24, 2.45) is 0 Å². The van der Waals surface area contributed by atoms with E-state index in [-0.39, 0.29) is 17.6 Å². The van der Waals surface area contributed by atoms with Gasteiger partial charge in [0.15, 0.2) is 5.76 Å². The minimum absolute atomic E-state index is 0.214. The van der Waals surface area contributed by atoms with Gasteiger partial charge >= 0.3 is 0 Å². The molecule has 0 spiro atoms. The van der Waals surface area contributed by atoms with Gasteiger partial charge in [0, 0.05) is 21.4 Å². The number of halogens is 1. The topological polar surface area (TPSA) is 68.0 Å². The zero-order chi connectivity index (χ0) is 16.4. The Balaban J connectivity index is 1.79. The van der Waals surface area contributed by atoms with E-state index in [1.54, 1.807) is 12.1 Å². The number of furan rings is 1. The van der Waals surface area contributed by atoms with E-state index in [2.05, 4.69) is 31.2 Å². The van der Waals surface area contributed by atoms with Crippen LogP contribution in [0.1, 0.15) is 21.9 Å². The fourth-order valence-electron chi connectivity index (χ4n) is 2.17. The normalized spacial score (nSPS) is 10.6. The van der Waals surface area contributed by atoms with Crippen LogP contribution in [0.4, 0.5) is 5.95 Å². The number of carbonyl (C=O) groups excluding carboxylic acids is 1. The summed E-state index contributed by atoms with van der Waals surface area (Å²) in [7, 11) is 0. The molecule has 23 heavy (non-hydrogen) atoms. The Labute approximate surface area is 141 Å². The second kappa shape index (κ2) is 6.34. The summed E-state index contributed by atoms with van der Waals surface area (Å²) in [5.74, 6) is 0.738. The minimum atomic E-state index is -0.377. The third kappa shape index (κ3) is 3.65. The number of hydrogen-bond acceptors (Lipinski definition) is 4. The Morgan fingerprint density at radius 2 is 1.70 bits per heavy atom. The van der Waals surface area contributed by atoms with Gasteiger partial charge in [0.25, 0.3) is 5.91 Å². The second-order valence-electron chi connectivity index (χ2n) is 5.10. The Kier molecular flexibility index (Phi) is 4.25. The number of amides is 1. The molecular weight excluding hydrogens is 358 g/mol. The van der Waals surface area contributed by atoms with E-state index in [4.69, 9.17) is 4.42 Å². The summed E-state index contributed by atoms with van der Waals surface area (Å²) in [6.45, 7) is 3.70. The number of anilines is 1. The van der Waals surface area contributed by atoms with Gasteiger partial charge in [0.1, 0.15) is 5.76 Å². The van der Waals surface area contributed by atoms with E-state index in [0.717, 1.165) is 21.4 Å². The average Bonchev–Trinajstić information content (AvgIpc) is 2.97. The molecule has 0 bridgehead atoms. The summed E-state index contributed by atoms with van der Waals surface area (Å²) >= 11 is 3.39. The quantitative estimate of drug-likeness (QED) is 0.742. The number of nitrogens with zero attached hydrogens (tertiary/aromatic N) is 2. The molecule has 0 aliphatic rings. The first-order valence-electron chi connectivity index (χ1n) is 7.01. The van der Waals surface area contributed by atoms with E-state index in [0.29, 0.717) is 5.76 Å². The van der Waals surface area contributed by atoms with E-state index in [1.165, 1.54) is 0 Å². The Hall–Kier alpha value is -2.47. The maximum atomic E-state index is 12.2. The maximum Gasteiger partial charge on any atom is 0.293 e. The highest BCUT2D eigenvalue weighted by molar-refractivity contribution is 9.10. The zero-order valence-electron chi connectivity index (χ0n) is 12.6. The van der Waals surface area contributed by atoms with Crippen LogP contribution in [0.2, 0.25) is 0 Å². The second-order valence-corrected chi connectivity index (χ2v) is 6.01. The lowest BCUT2D eigenvalue weighted by atomic mass is 10.2. The molecule has 6 heteroatoms. The third-order valence-electron chi connectivity index (χ3n) is 3.17. The number of benzene rings is 1. The van der Waals surface area contributed by atoms with Crippen molar-refractivity contribution in [3.63, 3.8) is 0 Å². The predicted molar refractivity (Wildman–Crippen MR) is 91.3 cm³/mol. The van der Waals surface area contributed by atoms with Gasteiger partial charge in [-0.1, -0.05) is 28.1 Å². The highest BCUT2D eigenvalue weighted by atomic mass is 79.9. The molecule has 1 amide bonds. The van der Waals surface area contributed by atoms with Crippen molar-refractivity contribution in [2.45, 2.75) is 13.8 Å². The Morgan fingerprint density at radius 3 is 2.35 bits per heavy atom. The molecule has 0 aliphatic heterocycles. The fourth-order valence-corrected chi connectivity index (χ4v) is 2.44. The third-order valence-corrected chi connectivity index (χ3v) is 3.69. The molecule has 2 heterocycles. The molecule has 0 saturated carbocycles. The van der Waals surface area contributed by atoms with Crippen molar-refractivity contribution in [3.8, 4) is 11.3 Å². The largest absolute Gasteiger partial charge is 0.451 e. The van der Waals surface area contributed by atoms with E-state index >= 15 is 0 Å². The summed E-state index contributed by atoms with van der Waals surface area (Å²) in [5, 5.41) is 2.65. The smallest absolute Gasteiger partial charge is 0.293 e. The zero-order valence-corrected chi connectivity index (χ0v) is 14.2. The molecule has 116 valence electrons. The first-order valence-corrected chi connectivity index (χ1v) is 7.80. The molecule has 1 N–H and O–H groups in total.